The highest BCUT2D eigenvalue weighted by Crippen LogP contribution is 2.12. The van der Waals surface area contributed by atoms with Crippen molar-refractivity contribution in [1.82, 2.24) is 20.6 Å². The highest BCUT2D eigenvalue weighted by molar-refractivity contribution is 5.83. The number of carbonyl (C=O) groups is 2. The van der Waals surface area contributed by atoms with Crippen molar-refractivity contribution in [1.29, 1.82) is 0 Å². The first kappa shape index (κ1) is 12.6. The molecule has 7 heteroatoms. The molecule has 2 rings (SSSR count). The summed E-state index contributed by atoms with van der Waals surface area (Å²) < 4.78 is 0. The summed E-state index contributed by atoms with van der Waals surface area (Å²) in [6.45, 7) is 2.35. The Morgan fingerprint density at radius 1 is 1.67 bits per heavy atom. The zero-order valence-corrected chi connectivity index (χ0v) is 10.2. The molecule has 1 aromatic rings. The van der Waals surface area contributed by atoms with Crippen molar-refractivity contribution < 1.29 is 9.59 Å². The van der Waals surface area contributed by atoms with Crippen LogP contribution in [-0.4, -0.2) is 33.9 Å². The first-order valence-electron chi connectivity index (χ1n) is 5.89. The Morgan fingerprint density at radius 2 is 2.44 bits per heavy atom. The zero-order valence-electron chi connectivity index (χ0n) is 10.2. The molecule has 0 saturated carbocycles. The normalized spacial score (nSPS) is 19.9. The molecule has 0 fully saturated rings. The zero-order chi connectivity index (χ0) is 13.1. The molecule has 0 aliphatic carbocycles. The highest BCUT2D eigenvalue weighted by atomic mass is 16.2. The van der Waals surface area contributed by atoms with E-state index in [-0.39, 0.29) is 24.4 Å². The Hall–Kier alpha value is -1.89. The van der Waals surface area contributed by atoms with Crippen LogP contribution in [0.4, 0.5) is 0 Å². The molecule has 0 bridgehead atoms. The molecular formula is C11H17N5O2. The van der Waals surface area contributed by atoms with Crippen LogP contribution >= 0.6 is 0 Å². The number of fused-ring (bicyclic) bond motifs is 1. The van der Waals surface area contributed by atoms with Crippen LogP contribution in [0.15, 0.2) is 6.33 Å². The van der Waals surface area contributed by atoms with Crippen LogP contribution in [0.2, 0.25) is 0 Å². The molecule has 1 aliphatic heterocycles. The largest absolute Gasteiger partial charge is 0.370 e. The standard InChI is InChI=1S/C11H17N5O2/c1-6(2-10(12)17)16-11(18)8-3-7-9(4-13-8)15-5-14-7/h5-6,8,13H,2-4H2,1H3,(H2,12,17)(H,14,15)(H,16,18). The molecule has 1 aliphatic rings. The third kappa shape index (κ3) is 2.86. The number of nitrogens with zero attached hydrogens (tertiary/aromatic N) is 1. The lowest BCUT2D eigenvalue weighted by Gasteiger charge is -2.23. The smallest absolute Gasteiger partial charge is 0.237 e. The van der Waals surface area contributed by atoms with Gasteiger partial charge in [-0.3, -0.25) is 14.9 Å². The Bertz CT molecular complexity index is 456. The second-order valence-electron chi connectivity index (χ2n) is 4.55. The first-order valence-corrected chi connectivity index (χ1v) is 5.89. The summed E-state index contributed by atoms with van der Waals surface area (Å²) in [6.07, 6.45) is 2.32. The van der Waals surface area contributed by atoms with Crippen LogP contribution in [0.5, 0.6) is 0 Å². The van der Waals surface area contributed by atoms with Crippen molar-refractivity contribution in [3.8, 4) is 0 Å². The number of primary amides is 1. The number of nitrogens with one attached hydrogen (secondary N) is 3. The minimum Gasteiger partial charge on any atom is -0.370 e. The minimum atomic E-state index is -0.422. The van der Waals surface area contributed by atoms with E-state index in [4.69, 9.17) is 5.73 Å². The summed E-state index contributed by atoms with van der Waals surface area (Å²) >= 11 is 0. The monoisotopic (exact) mass is 251 g/mol. The van der Waals surface area contributed by atoms with Gasteiger partial charge < -0.3 is 16.0 Å². The van der Waals surface area contributed by atoms with Gasteiger partial charge in [0.05, 0.1) is 23.8 Å². The average Bonchev–Trinajstić information content (AvgIpc) is 2.74. The van der Waals surface area contributed by atoms with E-state index in [1.807, 2.05) is 0 Å². The van der Waals surface area contributed by atoms with E-state index in [1.165, 1.54) is 0 Å². The van der Waals surface area contributed by atoms with Crippen molar-refractivity contribution in [3.05, 3.63) is 17.7 Å². The molecule has 0 radical (unpaired) electrons. The third-order valence-electron chi connectivity index (χ3n) is 2.94. The maximum atomic E-state index is 12.0. The van der Waals surface area contributed by atoms with Crippen molar-refractivity contribution in [2.24, 2.45) is 5.73 Å². The summed E-state index contributed by atoms with van der Waals surface area (Å²) in [5.74, 6) is -0.550. The number of imidazole rings is 1. The molecule has 1 aromatic heterocycles. The van der Waals surface area contributed by atoms with E-state index in [2.05, 4.69) is 20.6 Å². The summed E-state index contributed by atoms with van der Waals surface area (Å²) in [7, 11) is 0. The molecule has 0 saturated heterocycles. The SMILES string of the molecule is CC(CC(N)=O)NC(=O)C1Cc2nc[nH]c2CN1. The van der Waals surface area contributed by atoms with Crippen LogP contribution < -0.4 is 16.4 Å². The lowest BCUT2D eigenvalue weighted by Crippen LogP contribution is -2.50. The van der Waals surface area contributed by atoms with E-state index in [0.717, 1.165) is 11.4 Å². The molecule has 2 amide bonds. The molecule has 2 heterocycles. The maximum absolute atomic E-state index is 12.0. The number of nitrogens with two attached hydrogens (primary N) is 1. The van der Waals surface area contributed by atoms with Gasteiger partial charge in [-0.15, -0.1) is 0 Å². The highest BCUT2D eigenvalue weighted by Gasteiger charge is 2.26. The molecule has 2 atom stereocenters. The number of aromatic amines is 1. The van der Waals surface area contributed by atoms with Crippen molar-refractivity contribution in [3.63, 3.8) is 0 Å². The van der Waals surface area contributed by atoms with Gasteiger partial charge in [-0.2, -0.15) is 0 Å². The molecule has 0 spiro atoms. The van der Waals surface area contributed by atoms with Gasteiger partial charge in [0.15, 0.2) is 0 Å². The van der Waals surface area contributed by atoms with Gasteiger partial charge in [0.2, 0.25) is 11.8 Å². The van der Waals surface area contributed by atoms with Crippen LogP contribution in [0, 0.1) is 0 Å². The molecule has 18 heavy (non-hydrogen) atoms. The van der Waals surface area contributed by atoms with Gasteiger partial charge in [0, 0.05) is 25.4 Å². The Balaban J connectivity index is 1.89. The number of hydrogen-bond donors (Lipinski definition) is 4. The van der Waals surface area contributed by atoms with Gasteiger partial charge in [0.25, 0.3) is 0 Å². The van der Waals surface area contributed by atoms with Crippen LogP contribution in [0.25, 0.3) is 0 Å². The van der Waals surface area contributed by atoms with Crippen LogP contribution in [0.1, 0.15) is 24.7 Å². The Kier molecular flexibility index (Phi) is 3.61. The topological polar surface area (TPSA) is 113 Å². The summed E-state index contributed by atoms with van der Waals surface area (Å²) in [5.41, 5.74) is 7.01. The summed E-state index contributed by atoms with van der Waals surface area (Å²) in [5, 5.41) is 5.88. The number of amides is 2. The molecule has 2 unspecified atom stereocenters. The Labute approximate surface area is 105 Å². The number of rotatable bonds is 4. The lowest BCUT2D eigenvalue weighted by molar-refractivity contribution is -0.124. The fourth-order valence-corrected chi connectivity index (χ4v) is 2.05. The predicted molar refractivity (Wildman–Crippen MR) is 64.3 cm³/mol. The quantitative estimate of drug-likeness (QED) is 0.538. The third-order valence-corrected chi connectivity index (χ3v) is 2.94. The number of aromatic nitrogens is 2. The van der Waals surface area contributed by atoms with E-state index >= 15 is 0 Å². The fourth-order valence-electron chi connectivity index (χ4n) is 2.05. The van der Waals surface area contributed by atoms with Gasteiger partial charge in [-0.05, 0) is 6.92 Å². The predicted octanol–water partition coefficient (Wildman–Crippen LogP) is -1.20. The van der Waals surface area contributed by atoms with E-state index < -0.39 is 5.91 Å². The molecule has 98 valence electrons. The Morgan fingerprint density at radius 3 is 3.17 bits per heavy atom. The van der Waals surface area contributed by atoms with Gasteiger partial charge in [0.1, 0.15) is 0 Å². The lowest BCUT2D eigenvalue weighted by atomic mass is 10.0. The number of hydrogen-bond acceptors (Lipinski definition) is 4. The van der Waals surface area contributed by atoms with Crippen molar-refractivity contribution >= 4 is 11.8 Å². The van der Waals surface area contributed by atoms with E-state index in [9.17, 15) is 9.59 Å². The van der Waals surface area contributed by atoms with E-state index in [1.54, 1.807) is 13.3 Å². The first-order chi connectivity index (χ1) is 8.56. The second-order valence-corrected chi connectivity index (χ2v) is 4.55. The van der Waals surface area contributed by atoms with Crippen molar-refractivity contribution in [2.45, 2.75) is 38.4 Å². The minimum absolute atomic E-state index is 0.127. The molecule has 5 N–H and O–H groups in total. The van der Waals surface area contributed by atoms with Crippen LogP contribution in [0.3, 0.4) is 0 Å². The number of H-pyrrole nitrogens is 1. The van der Waals surface area contributed by atoms with Crippen LogP contribution in [-0.2, 0) is 22.6 Å². The maximum Gasteiger partial charge on any atom is 0.237 e. The van der Waals surface area contributed by atoms with E-state index in [0.29, 0.717) is 13.0 Å². The molecule has 0 aromatic carbocycles. The van der Waals surface area contributed by atoms with Crippen molar-refractivity contribution in [2.75, 3.05) is 0 Å². The van der Waals surface area contributed by atoms with Gasteiger partial charge in [-0.25, -0.2) is 4.98 Å². The number of carbonyl (C=O) groups excluding carboxylic acids is 2. The molecular weight excluding hydrogens is 234 g/mol. The second kappa shape index (κ2) is 5.18. The summed E-state index contributed by atoms with van der Waals surface area (Å²) in [4.78, 5) is 29.9. The molecule has 7 nitrogen and oxygen atoms in total. The summed E-state index contributed by atoms with van der Waals surface area (Å²) in [6, 6.07) is -0.562. The fraction of sp³-hybridized carbons (Fsp3) is 0.545. The van der Waals surface area contributed by atoms with Gasteiger partial charge >= 0.3 is 0 Å². The average molecular weight is 251 g/mol. The van der Waals surface area contributed by atoms with Gasteiger partial charge in [-0.1, -0.05) is 0 Å².